The van der Waals surface area contributed by atoms with Gasteiger partial charge in [0.05, 0.1) is 6.20 Å². The largest absolute Gasteiger partial charge is 0.383 e. The van der Waals surface area contributed by atoms with Crippen molar-refractivity contribution in [2.75, 3.05) is 12.3 Å². The molecule has 2 rings (SSSR count). The summed E-state index contributed by atoms with van der Waals surface area (Å²) < 4.78 is 26.4. The molecule has 0 radical (unpaired) electrons. The molecule has 2 unspecified atom stereocenters. The van der Waals surface area contributed by atoms with E-state index in [-0.39, 0.29) is 10.7 Å². The summed E-state index contributed by atoms with van der Waals surface area (Å²) in [6.45, 7) is 2.68. The maximum absolute atomic E-state index is 11.9. The van der Waals surface area contributed by atoms with Gasteiger partial charge in [-0.15, -0.1) is 0 Å². The van der Waals surface area contributed by atoms with Gasteiger partial charge in [-0.1, -0.05) is 13.3 Å². The third-order valence-corrected chi connectivity index (χ3v) is 4.74. The molecule has 0 spiro atoms. The lowest BCUT2D eigenvalue weighted by Gasteiger charge is -2.11. The minimum Gasteiger partial charge on any atom is -0.383 e. The van der Waals surface area contributed by atoms with Crippen LogP contribution in [-0.4, -0.2) is 25.2 Å². The highest BCUT2D eigenvalue weighted by atomic mass is 32.2. The Labute approximate surface area is 101 Å². The van der Waals surface area contributed by atoms with Crippen LogP contribution in [0.3, 0.4) is 0 Å². The van der Waals surface area contributed by atoms with Crippen LogP contribution in [0.1, 0.15) is 26.2 Å². The van der Waals surface area contributed by atoms with Gasteiger partial charge in [-0.2, -0.15) is 5.10 Å². The standard InChI is InChI=1S/C10H18N4O2S/c1-7-2-3-8(4-7)5-13-17(15,16)9-6-12-14-10(9)11/h6-8,13H,2-5H2,1H3,(H3,11,12,14). The Balaban J connectivity index is 1.97. The van der Waals surface area contributed by atoms with E-state index in [0.717, 1.165) is 12.8 Å². The molecule has 1 fully saturated rings. The Kier molecular flexibility index (Phi) is 3.39. The number of aromatic nitrogens is 2. The number of nitrogens with zero attached hydrogens (tertiary/aromatic N) is 1. The van der Waals surface area contributed by atoms with Crippen molar-refractivity contribution in [3.8, 4) is 0 Å². The van der Waals surface area contributed by atoms with Crippen LogP contribution in [0.5, 0.6) is 0 Å². The number of nitrogen functional groups attached to an aromatic ring is 1. The van der Waals surface area contributed by atoms with Crippen molar-refractivity contribution >= 4 is 15.8 Å². The zero-order valence-electron chi connectivity index (χ0n) is 9.81. The number of nitrogens with two attached hydrogens (primary N) is 1. The molecule has 1 saturated carbocycles. The van der Waals surface area contributed by atoms with Crippen LogP contribution < -0.4 is 10.5 Å². The van der Waals surface area contributed by atoms with Crippen molar-refractivity contribution in [1.82, 2.24) is 14.9 Å². The number of nitrogens with one attached hydrogen (secondary N) is 2. The van der Waals surface area contributed by atoms with Crippen LogP contribution in [0, 0.1) is 11.8 Å². The van der Waals surface area contributed by atoms with Gasteiger partial charge in [-0.25, -0.2) is 13.1 Å². The second-order valence-electron chi connectivity index (χ2n) is 4.78. The van der Waals surface area contributed by atoms with Gasteiger partial charge in [-0.3, -0.25) is 5.10 Å². The molecule has 2 atom stereocenters. The first kappa shape index (κ1) is 12.4. The van der Waals surface area contributed by atoms with Crippen molar-refractivity contribution in [1.29, 1.82) is 0 Å². The molecule has 1 aliphatic carbocycles. The Bertz CT molecular complexity index is 482. The number of aromatic amines is 1. The molecule has 4 N–H and O–H groups in total. The molecule has 6 nitrogen and oxygen atoms in total. The minimum atomic E-state index is -3.52. The van der Waals surface area contributed by atoms with Crippen molar-refractivity contribution in [2.24, 2.45) is 11.8 Å². The molecule has 0 amide bonds. The summed E-state index contributed by atoms with van der Waals surface area (Å²) in [4.78, 5) is 0.0311. The minimum absolute atomic E-state index is 0.0311. The molecular weight excluding hydrogens is 240 g/mol. The lowest BCUT2D eigenvalue weighted by Crippen LogP contribution is -2.28. The predicted molar refractivity (Wildman–Crippen MR) is 64.7 cm³/mol. The van der Waals surface area contributed by atoms with E-state index in [1.165, 1.54) is 12.6 Å². The molecular formula is C10H18N4O2S. The highest BCUT2D eigenvalue weighted by Crippen LogP contribution is 2.30. The van der Waals surface area contributed by atoms with E-state index >= 15 is 0 Å². The molecule has 96 valence electrons. The Morgan fingerprint density at radius 3 is 2.88 bits per heavy atom. The van der Waals surface area contributed by atoms with Crippen LogP contribution >= 0.6 is 0 Å². The first-order valence-electron chi connectivity index (χ1n) is 5.77. The zero-order valence-corrected chi connectivity index (χ0v) is 10.6. The van der Waals surface area contributed by atoms with E-state index in [9.17, 15) is 8.42 Å². The van der Waals surface area contributed by atoms with Gasteiger partial charge >= 0.3 is 0 Å². The van der Waals surface area contributed by atoms with E-state index in [0.29, 0.717) is 18.4 Å². The molecule has 0 aromatic carbocycles. The van der Waals surface area contributed by atoms with E-state index in [4.69, 9.17) is 5.73 Å². The molecule has 1 heterocycles. The summed E-state index contributed by atoms with van der Waals surface area (Å²) in [6, 6.07) is 0. The zero-order chi connectivity index (χ0) is 12.5. The smallest absolute Gasteiger partial charge is 0.245 e. The van der Waals surface area contributed by atoms with Gasteiger partial charge in [0.25, 0.3) is 0 Å². The second kappa shape index (κ2) is 4.66. The van der Waals surface area contributed by atoms with E-state index < -0.39 is 10.0 Å². The van der Waals surface area contributed by atoms with Crippen LogP contribution in [0.4, 0.5) is 5.82 Å². The summed E-state index contributed by atoms with van der Waals surface area (Å²) in [5.41, 5.74) is 5.50. The lowest BCUT2D eigenvalue weighted by atomic mass is 10.1. The third-order valence-electron chi connectivity index (χ3n) is 3.29. The molecule has 0 aliphatic heterocycles. The molecule has 17 heavy (non-hydrogen) atoms. The monoisotopic (exact) mass is 258 g/mol. The fourth-order valence-corrected chi connectivity index (χ4v) is 3.45. The Hall–Kier alpha value is -1.08. The van der Waals surface area contributed by atoms with E-state index in [1.807, 2.05) is 0 Å². The average molecular weight is 258 g/mol. The van der Waals surface area contributed by atoms with Crippen molar-refractivity contribution < 1.29 is 8.42 Å². The highest BCUT2D eigenvalue weighted by Gasteiger charge is 2.25. The molecule has 1 aliphatic rings. The fourth-order valence-electron chi connectivity index (χ4n) is 2.31. The normalized spacial score (nSPS) is 25.2. The van der Waals surface area contributed by atoms with Crippen LogP contribution in [0.25, 0.3) is 0 Å². The number of H-pyrrole nitrogens is 1. The average Bonchev–Trinajstić information content (AvgIpc) is 2.85. The summed E-state index contributed by atoms with van der Waals surface area (Å²) in [5, 5.41) is 6.03. The third kappa shape index (κ3) is 2.78. The van der Waals surface area contributed by atoms with Crippen LogP contribution in [0.2, 0.25) is 0 Å². The second-order valence-corrected chi connectivity index (χ2v) is 6.52. The Morgan fingerprint density at radius 2 is 2.35 bits per heavy atom. The first-order chi connectivity index (χ1) is 7.99. The summed E-state index contributed by atoms with van der Waals surface area (Å²) in [7, 11) is -3.52. The van der Waals surface area contributed by atoms with Gasteiger partial charge in [-0.05, 0) is 24.7 Å². The number of hydrogen-bond acceptors (Lipinski definition) is 4. The van der Waals surface area contributed by atoms with Gasteiger partial charge in [0.1, 0.15) is 10.7 Å². The number of rotatable bonds is 4. The Morgan fingerprint density at radius 1 is 1.59 bits per heavy atom. The molecule has 1 aromatic rings. The van der Waals surface area contributed by atoms with E-state index in [1.54, 1.807) is 0 Å². The molecule has 7 heteroatoms. The van der Waals surface area contributed by atoms with Crippen molar-refractivity contribution in [2.45, 2.75) is 31.1 Å². The number of sulfonamides is 1. The van der Waals surface area contributed by atoms with Crippen molar-refractivity contribution in [3.63, 3.8) is 0 Å². The van der Waals surface area contributed by atoms with Crippen LogP contribution in [0.15, 0.2) is 11.1 Å². The van der Waals surface area contributed by atoms with Gasteiger partial charge in [0.2, 0.25) is 10.0 Å². The topological polar surface area (TPSA) is 101 Å². The fraction of sp³-hybridized carbons (Fsp3) is 0.700. The van der Waals surface area contributed by atoms with Gasteiger partial charge < -0.3 is 5.73 Å². The van der Waals surface area contributed by atoms with Gasteiger partial charge in [0.15, 0.2) is 0 Å². The number of anilines is 1. The highest BCUT2D eigenvalue weighted by molar-refractivity contribution is 7.89. The summed E-state index contributed by atoms with van der Waals surface area (Å²) in [5.74, 6) is 1.22. The quantitative estimate of drug-likeness (QED) is 0.740. The number of hydrogen-bond donors (Lipinski definition) is 3. The molecule has 1 aromatic heterocycles. The van der Waals surface area contributed by atoms with E-state index in [2.05, 4.69) is 21.8 Å². The SMILES string of the molecule is CC1CCC(CNS(=O)(=O)c2cn[nH]c2N)C1. The van der Waals surface area contributed by atoms with Crippen molar-refractivity contribution in [3.05, 3.63) is 6.20 Å². The predicted octanol–water partition coefficient (Wildman–Crippen LogP) is 0.706. The lowest BCUT2D eigenvalue weighted by molar-refractivity contribution is 0.498. The molecule has 0 bridgehead atoms. The first-order valence-corrected chi connectivity index (χ1v) is 7.26. The summed E-state index contributed by atoms with van der Waals surface area (Å²) in [6.07, 6.45) is 4.59. The maximum atomic E-state index is 11.9. The molecule has 0 saturated heterocycles. The van der Waals surface area contributed by atoms with Gasteiger partial charge in [0, 0.05) is 6.54 Å². The van der Waals surface area contributed by atoms with Crippen LogP contribution in [-0.2, 0) is 10.0 Å². The maximum Gasteiger partial charge on any atom is 0.245 e. The summed E-state index contributed by atoms with van der Waals surface area (Å²) >= 11 is 0.